The Morgan fingerprint density at radius 1 is 0.778 bits per heavy atom. The Morgan fingerprint density at radius 3 is 1.37 bits per heavy atom. The van der Waals surface area contributed by atoms with Gasteiger partial charge < -0.3 is 18.3 Å². The van der Waals surface area contributed by atoms with E-state index in [1.54, 1.807) is 13.8 Å². The highest BCUT2D eigenvalue weighted by atomic mass is 28.4. The topological polar surface area (TPSA) is 71.1 Å². The number of hydrogen-bond acceptors (Lipinski definition) is 6. The minimum Gasteiger partial charge on any atom is -0.462 e. The molecule has 0 unspecified atom stereocenters. The van der Waals surface area contributed by atoms with E-state index in [2.05, 4.69) is 13.2 Å². The molecule has 0 saturated carbocycles. The van der Waals surface area contributed by atoms with Crippen LogP contribution in [0, 0.1) is 0 Å². The Balaban J connectivity index is 4.84. The molecule has 0 saturated heterocycles. The highest BCUT2D eigenvalue weighted by molar-refractivity contribution is 6.67. The van der Waals surface area contributed by atoms with Gasteiger partial charge in [0.2, 0.25) is 0 Å². The third kappa shape index (κ3) is 11.8. The molecule has 0 radical (unpaired) electrons. The van der Waals surface area contributed by atoms with Gasteiger partial charge in [-0.1, -0.05) is 13.2 Å². The van der Waals surface area contributed by atoms with Crippen LogP contribution in [0.3, 0.4) is 0 Å². The van der Waals surface area contributed by atoms with Crippen molar-refractivity contribution in [2.75, 3.05) is 13.2 Å². The lowest BCUT2D eigenvalue weighted by atomic mass is 10.4. The molecule has 0 heterocycles. The minimum atomic E-state index is -2.55. The summed E-state index contributed by atoms with van der Waals surface area (Å²) in [6.07, 6.45) is 1.34. The van der Waals surface area contributed by atoms with Crippen LogP contribution in [0.5, 0.6) is 0 Å². The molecule has 0 fully saturated rings. The second-order valence-electron chi connectivity index (χ2n) is 7.28. The summed E-state index contributed by atoms with van der Waals surface area (Å²) >= 11 is 0. The summed E-state index contributed by atoms with van der Waals surface area (Å²) in [7, 11) is -2.55. The quantitative estimate of drug-likeness (QED) is 0.187. The Hall–Kier alpha value is -1.44. The van der Waals surface area contributed by atoms with Gasteiger partial charge in [-0.2, -0.15) is 0 Å². The van der Waals surface area contributed by atoms with Gasteiger partial charge in [-0.05, 0) is 66.5 Å². The Kier molecular flexibility index (Phi) is 12.2. The first-order valence-corrected chi connectivity index (χ1v) is 11.7. The van der Waals surface area contributed by atoms with Crippen molar-refractivity contribution in [2.24, 2.45) is 0 Å². The minimum absolute atomic E-state index is 0.0198. The third-order valence-electron chi connectivity index (χ3n) is 3.47. The first-order chi connectivity index (χ1) is 12.5. The smallest absolute Gasteiger partial charge is 0.338 e. The zero-order valence-electron chi connectivity index (χ0n) is 17.8. The van der Waals surface area contributed by atoms with Crippen LogP contribution in [0.1, 0.15) is 54.4 Å². The van der Waals surface area contributed by atoms with E-state index in [0.717, 1.165) is 0 Å². The van der Waals surface area contributed by atoms with Gasteiger partial charge >= 0.3 is 20.5 Å². The summed E-state index contributed by atoms with van der Waals surface area (Å²) in [5, 5.41) is 0. The zero-order chi connectivity index (χ0) is 21.0. The van der Waals surface area contributed by atoms with Crippen molar-refractivity contribution in [1.82, 2.24) is 0 Å². The standard InChI is InChI=1S/C20H36O6Si/c1-15(2)19(21)23-11-9-13-27(25-17(5)6,26-18(7)8)14-10-12-24-20(22)16(3)4/h17-18H,1,3,9-14H2,2,4-8H3. The predicted octanol–water partition coefficient (Wildman–Crippen LogP) is 4.30. The zero-order valence-corrected chi connectivity index (χ0v) is 18.8. The van der Waals surface area contributed by atoms with E-state index in [1.165, 1.54) is 0 Å². The molecule has 0 aliphatic rings. The maximum absolute atomic E-state index is 11.5. The first kappa shape index (κ1) is 25.6. The fourth-order valence-electron chi connectivity index (χ4n) is 2.51. The summed E-state index contributed by atoms with van der Waals surface area (Å²) < 4.78 is 22.9. The summed E-state index contributed by atoms with van der Waals surface area (Å²) in [6, 6.07) is 1.39. The van der Waals surface area contributed by atoms with Gasteiger partial charge in [-0.15, -0.1) is 0 Å². The van der Waals surface area contributed by atoms with Crippen molar-refractivity contribution >= 4 is 20.5 Å². The average molecular weight is 401 g/mol. The Labute approximate surface area is 165 Å². The van der Waals surface area contributed by atoms with Gasteiger partial charge in [0.25, 0.3) is 0 Å². The molecule has 0 amide bonds. The molecule has 0 N–H and O–H groups in total. The first-order valence-electron chi connectivity index (χ1n) is 9.50. The molecule has 0 aromatic heterocycles. The highest BCUT2D eigenvalue weighted by Crippen LogP contribution is 2.26. The van der Waals surface area contributed by atoms with Crippen LogP contribution < -0.4 is 0 Å². The third-order valence-corrected chi connectivity index (χ3v) is 7.50. The van der Waals surface area contributed by atoms with Crippen molar-refractivity contribution < 1.29 is 27.9 Å². The van der Waals surface area contributed by atoms with Crippen molar-refractivity contribution in [3.63, 3.8) is 0 Å². The second kappa shape index (κ2) is 12.9. The molecule has 27 heavy (non-hydrogen) atoms. The molecular formula is C20H36O6Si. The monoisotopic (exact) mass is 400 g/mol. The molecule has 156 valence electrons. The van der Waals surface area contributed by atoms with Gasteiger partial charge in [0.05, 0.1) is 13.2 Å². The number of carbonyl (C=O) groups is 2. The lowest BCUT2D eigenvalue weighted by Crippen LogP contribution is -2.46. The molecule has 0 atom stereocenters. The van der Waals surface area contributed by atoms with E-state index in [-0.39, 0.29) is 24.1 Å². The lowest BCUT2D eigenvalue weighted by Gasteiger charge is -2.34. The van der Waals surface area contributed by atoms with E-state index in [9.17, 15) is 9.59 Å². The lowest BCUT2D eigenvalue weighted by molar-refractivity contribution is -0.139. The number of esters is 2. The molecular weight excluding hydrogens is 364 g/mol. The van der Waals surface area contributed by atoms with Crippen LogP contribution in [-0.2, 0) is 27.9 Å². The normalized spacial score (nSPS) is 11.6. The van der Waals surface area contributed by atoms with Gasteiger partial charge in [0, 0.05) is 23.4 Å². The summed E-state index contributed by atoms with van der Waals surface area (Å²) in [5.74, 6) is -0.771. The van der Waals surface area contributed by atoms with E-state index in [1.807, 2.05) is 27.7 Å². The van der Waals surface area contributed by atoms with Gasteiger partial charge in [-0.25, -0.2) is 9.59 Å². The average Bonchev–Trinajstić information content (AvgIpc) is 2.53. The van der Waals surface area contributed by atoms with Crippen LogP contribution in [0.2, 0.25) is 12.1 Å². The maximum atomic E-state index is 11.5. The largest absolute Gasteiger partial charge is 0.462 e. The van der Waals surface area contributed by atoms with Crippen LogP contribution in [0.4, 0.5) is 0 Å². The van der Waals surface area contributed by atoms with Crippen molar-refractivity contribution in [1.29, 1.82) is 0 Å². The van der Waals surface area contributed by atoms with E-state index in [0.29, 0.717) is 49.3 Å². The number of hydrogen-bond donors (Lipinski definition) is 0. The summed E-state index contributed by atoms with van der Waals surface area (Å²) in [5.41, 5.74) is 0.768. The van der Waals surface area contributed by atoms with E-state index in [4.69, 9.17) is 18.3 Å². The maximum Gasteiger partial charge on any atom is 0.338 e. The summed E-state index contributed by atoms with van der Waals surface area (Å²) in [6.45, 7) is 18.9. The van der Waals surface area contributed by atoms with Gasteiger partial charge in [0.1, 0.15) is 0 Å². The molecule has 0 aliphatic carbocycles. The number of ether oxygens (including phenoxy) is 2. The van der Waals surface area contributed by atoms with Crippen LogP contribution >= 0.6 is 0 Å². The molecule has 0 rings (SSSR count). The Morgan fingerprint density at radius 2 is 1.11 bits per heavy atom. The number of rotatable bonds is 14. The molecule has 0 spiro atoms. The number of carbonyl (C=O) groups excluding carboxylic acids is 2. The molecule has 0 bridgehead atoms. The fourth-order valence-corrected chi connectivity index (χ4v) is 6.37. The molecule has 6 nitrogen and oxygen atoms in total. The van der Waals surface area contributed by atoms with E-state index >= 15 is 0 Å². The van der Waals surface area contributed by atoms with Gasteiger partial charge in [-0.3, -0.25) is 0 Å². The molecule has 0 aromatic rings. The second-order valence-corrected chi connectivity index (χ2v) is 10.6. The predicted molar refractivity (Wildman–Crippen MR) is 109 cm³/mol. The van der Waals surface area contributed by atoms with Crippen LogP contribution in [0.15, 0.2) is 24.3 Å². The van der Waals surface area contributed by atoms with Crippen LogP contribution in [0.25, 0.3) is 0 Å². The Bertz CT molecular complexity index is 467. The van der Waals surface area contributed by atoms with Crippen molar-refractivity contribution in [3.05, 3.63) is 24.3 Å². The molecule has 0 aliphatic heterocycles. The van der Waals surface area contributed by atoms with E-state index < -0.39 is 8.56 Å². The summed E-state index contributed by atoms with van der Waals surface area (Å²) in [4.78, 5) is 23.0. The molecule has 0 aromatic carbocycles. The SMILES string of the molecule is C=C(C)C(=O)OCCC[Si](CCCOC(=O)C(=C)C)(OC(C)C)OC(C)C. The van der Waals surface area contributed by atoms with Gasteiger partial charge in [0.15, 0.2) is 0 Å². The van der Waals surface area contributed by atoms with Crippen LogP contribution in [-0.4, -0.2) is 45.9 Å². The van der Waals surface area contributed by atoms with Crippen molar-refractivity contribution in [2.45, 2.75) is 78.7 Å². The fraction of sp³-hybridized carbons (Fsp3) is 0.700. The van der Waals surface area contributed by atoms with Crippen molar-refractivity contribution in [3.8, 4) is 0 Å². The highest BCUT2D eigenvalue weighted by Gasteiger charge is 2.39. The molecule has 7 heteroatoms.